The van der Waals surface area contributed by atoms with Crippen LogP contribution in [-0.4, -0.2) is 85.8 Å². The predicted molar refractivity (Wildman–Crippen MR) is 118 cm³/mol. The predicted octanol–water partition coefficient (Wildman–Crippen LogP) is 1.71. The number of rotatable bonds is 7. The van der Waals surface area contributed by atoms with Crippen molar-refractivity contribution in [2.45, 2.75) is 50.7 Å². The van der Waals surface area contributed by atoms with Crippen LogP contribution in [0.2, 0.25) is 0 Å². The van der Waals surface area contributed by atoms with Crippen LogP contribution in [0, 0.1) is 0 Å². The smallest absolute Gasteiger partial charge is 0.191 e. The number of hydrogen-bond donors (Lipinski definition) is 2. The number of nitrogens with one attached hydrogen (secondary N) is 2. The Morgan fingerprint density at radius 2 is 2.03 bits per heavy atom. The van der Waals surface area contributed by atoms with Gasteiger partial charge in [0.25, 0.3) is 0 Å². The van der Waals surface area contributed by atoms with Gasteiger partial charge in [0.15, 0.2) is 5.96 Å². The van der Waals surface area contributed by atoms with E-state index in [-0.39, 0.29) is 5.54 Å². The molecule has 0 aromatic carbocycles. The lowest BCUT2D eigenvalue weighted by molar-refractivity contribution is -0.00256. The van der Waals surface area contributed by atoms with Crippen molar-refractivity contribution >= 4 is 5.96 Å². The summed E-state index contributed by atoms with van der Waals surface area (Å²) in [7, 11) is 4.33. The van der Waals surface area contributed by atoms with Gasteiger partial charge in [-0.15, -0.1) is 0 Å². The Labute approximate surface area is 175 Å². The first-order valence-corrected chi connectivity index (χ1v) is 11.0. The molecular weight excluding hydrogens is 364 g/mol. The van der Waals surface area contributed by atoms with Gasteiger partial charge in [-0.1, -0.05) is 6.07 Å². The maximum atomic E-state index is 5.59. The van der Waals surface area contributed by atoms with Crippen LogP contribution in [0.25, 0.3) is 0 Å². The number of aromatic nitrogens is 1. The zero-order valence-electron chi connectivity index (χ0n) is 18.4. The van der Waals surface area contributed by atoms with E-state index in [0.29, 0.717) is 6.04 Å². The van der Waals surface area contributed by atoms with Gasteiger partial charge >= 0.3 is 0 Å². The second-order valence-corrected chi connectivity index (χ2v) is 8.44. The van der Waals surface area contributed by atoms with Gasteiger partial charge in [-0.2, -0.15) is 0 Å². The largest absolute Gasteiger partial charge is 0.381 e. The van der Waals surface area contributed by atoms with Crippen molar-refractivity contribution in [3.8, 4) is 0 Å². The maximum Gasteiger partial charge on any atom is 0.191 e. The molecule has 1 aromatic rings. The number of likely N-dealkylation sites (tertiary alicyclic amines) is 1. The van der Waals surface area contributed by atoms with Gasteiger partial charge in [0.2, 0.25) is 0 Å². The van der Waals surface area contributed by atoms with Crippen LogP contribution >= 0.6 is 0 Å². The first kappa shape index (κ1) is 22.0. The Morgan fingerprint density at radius 3 is 2.66 bits per heavy atom. The van der Waals surface area contributed by atoms with E-state index in [2.05, 4.69) is 58.6 Å². The first-order valence-electron chi connectivity index (χ1n) is 11.0. The number of ether oxygens (including phenoxy) is 1. The van der Waals surface area contributed by atoms with Gasteiger partial charge in [0.05, 0.1) is 12.2 Å². The van der Waals surface area contributed by atoms with Crippen LogP contribution in [0.4, 0.5) is 0 Å². The zero-order chi connectivity index (χ0) is 20.5. The Balaban J connectivity index is 1.52. The highest BCUT2D eigenvalue weighted by Crippen LogP contribution is 2.26. The van der Waals surface area contributed by atoms with Crippen LogP contribution < -0.4 is 10.6 Å². The molecular formula is C22H38N6O. The maximum absolute atomic E-state index is 5.59. The third kappa shape index (κ3) is 6.39. The molecule has 2 aliphatic heterocycles. The molecule has 0 saturated carbocycles. The molecule has 3 heterocycles. The van der Waals surface area contributed by atoms with Crippen molar-refractivity contribution in [3.05, 3.63) is 30.1 Å². The SMILES string of the molecule is CCNC(=NCC1(N(C)C)CCOCC1)NC1CCN(Cc2ccccn2)CC1. The Morgan fingerprint density at radius 1 is 1.28 bits per heavy atom. The summed E-state index contributed by atoms with van der Waals surface area (Å²) < 4.78 is 5.59. The molecule has 0 amide bonds. The van der Waals surface area contributed by atoms with E-state index in [1.807, 2.05) is 12.3 Å². The van der Waals surface area contributed by atoms with Crippen molar-refractivity contribution in [1.82, 2.24) is 25.4 Å². The molecule has 162 valence electrons. The molecule has 2 aliphatic rings. The molecule has 29 heavy (non-hydrogen) atoms. The van der Waals surface area contributed by atoms with E-state index in [1.54, 1.807) is 0 Å². The molecule has 2 saturated heterocycles. The van der Waals surface area contributed by atoms with Crippen molar-refractivity contribution < 1.29 is 4.74 Å². The van der Waals surface area contributed by atoms with Crippen molar-refractivity contribution in [1.29, 1.82) is 0 Å². The molecule has 1 aromatic heterocycles. The summed E-state index contributed by atoms with van der Waals surface area (Å²) in [5.41, 5.74) is 1.26. The topological polar surface area (TPSA) is 65.0 Å². The van der Waals surface area contributed by atoms with Crippen molar-refractivity contribution in [2.24, 2.45) is 4.99 Å². The van der Waals surface area contributed by atoms with Gasteiger partial charge in [0, 0.05) is 57.2 Å². The van der Waals surface area contributed by atoms with Crippen LogP contribution in [0.15, 0.2) is 29.4 Å². The Hall–Kier alpha value is -1.70. The lowest BCUT2D eigenvalue weighted by Crippen LogP contribution is -2.53. The molecule has 0 radical (unpaired) electrons. The van der Waals surface area contributed by atoms with Crippen LogP contribution in [0.3, 0.4) is 0 Å². The van der Waals surface area contributed by atoms with Gasteiger partial charge in [-0.25, -0.2) is 0 Å². The molecule has 0 spiro atoms. The summed E-state index contributed by atoms with van der Waals surface area (Å²) in [5, 5.41) is 7.13. The third-order valence-corrected chi connectivity index (χ3v) is 6.29. The number of nitrogens with zero attached hydrogens (tertiary/aromatic N) is 4. The molecule has 0 unspecified atom stereocenters. The van der Waals surface area contributed by atoms with Gasteiger partial charge in [-0.3, -0.25) is 14.9 Å². The molecule has 2 fully saturated rings. The van der Waals surface area contributed by atoms with E-state index >= 15 is 0 Å². The number of piperidine rings is 1. The highest BCUT2D eigenvalue weighted by molar-refractivity contribution is 5.80. The quantitative estimate of drug-likeness (QED) is 0.535. The van der Waals surface area contributed by atoms with E-state index in [4.69, 9.17) is 9.73 Å². The van der Waals surface area contributed by atoms with E-state index in [1.165, 1.54) is 0 Å². The molecule has 7 heteroatoms. The van der Waals surface area contributed by atoms with E-state index in [9.17, 15) is 0 Å². The molecule has 3 rings (SSSR count). The summed E-state index contributed by atoms with van der Waals surface area (Å²) >= 11 is 0. The lowest BCUT2D eigenvalue weighted by Gasteiger charge is -2.42. The number of guanidine groups is 1. The average molecular weight is 403 g/mol. The van der Waals surface area contributed by atoms with E-state index < -0.39 is 0 Å². The lowest BCUT2D eigenvalue weighted by atomic mass is 9.89. The summed E-state index contributed by atoms with van der Waals surface area (Å²) in [6, 6.07) is 6.62. The fourth-order valence-corrected chi connectivity index (χ4v) is 4.19. The standard InChI is InChI=1S/C22H38N6O/c1-4-23-21(25-18-22(27(2)3)10-15-29-16-11-22)26-19-8-13-28(14-9-19)17-20-7-5-6-12-24-20/h5-7,12,19H,4,8-11,13-18H2,1-3H3,(H2,23,25,26). The third-order valence-electron chi connectivity index (χ3n) is 6.29. The molecule has 0 bridgehead atoms. The number of aliphatic imine (C=N–C) groups is 1. The fraction of sp³-hybridized carbons (Fsp3) is 0.727. The van der Waals surface area contributed by atoms with Crippen LogP contribution in [-0.2, 0) is 11.3 Å². The van der Waals surface area contributed by atoms with Gasteiger partial charge in [-0.05, 0) is 58.8 Å². The fourth-order valence-electron chi connectivity index (χ4n) is 4.19. The summed E-state index contributed by atoms with van der Waals surface area (Å²) in [6.07, 6.45) is 6.21. The highest BCUT2D eigenvalue weighted by Gasteiger charge is 2.34. The highest BCUT2D eigenvalue weighted by atomic mass is 16.5. The number of likely N-dealkylation sites (N-methyl/N-ethyl adjacent to an activating group) is 1. The second-order valence-electron chi connectivity index (χ2n) is 8.44. The summed E-state index contributed by atoms with van der Waals surface area (Å²) in [4.78, 5) is 14.3. The minimum Gasteiger partial charge on any atom is -0.381 e. The van der Waals surface area contributed by atoms with Crippen molar-refractivity contribution in [3.63, 3.8) is 0 Å². The van der Waals surface area contributed by atoms with Gasteiger partial charge < -0.3 is 20.3 Å². The second kappa shape index (κ2) is 10.9. The Bertz CT molecular complexity index is 621. The van der Waals surface area contributed by atoms with E-state index in [0.717, 1.165) is 83.3 Å². The number of pyridine rings is 1. The summed E-state index contributed by atoms with van der Waals surface area (Å²) in [6.45, 7) is 8.58. The average Bonchev–Trinajstić information content (AvgIpc) is 2.75. The Kier molecular flexibility index (Phi) is 8.27. The molecule has 0 aliphatic carbocycles. The molecule has 2 N–H and O–H groups in total. The normalized spacial score (nSPS) is 21.3. The number of hydrogen-bond acceptors (Lipinski definition) is 5. The van der Waals surface area contributed by atoms with Gasteiger partial charge in [0.1, 0.15) is 0 Å². The van der Waals surface area contributed by atoms with Crippen molar-refractivity contribution in [2.75, 3.05) is 53.5 Å². The van der Waals surface area contributed by atoms with Crippen LogP contribution in [0.5, 0.6) is 0 Å². The monoisotopic (exact) mass is 402 g/mol. The minimum absolute atomic E-state index is 0.104. The molecule has 7 nitrogen and oxygen atoms in total. The van der Waals surface area contributed by atoms with Crippen LogP contribution in [0.1, 0.15) is 38.3 Å². The summed E-state index contributed by atoms with van der Waals surface area (Å²) in [5.74, 6) is 0.948. The first-order chi connectivity index (χ1) is 14.1. The zero-order valence-corrected chi connectivity index (χ0v) is 18.4. The minimum atomic E-state index is 0.104. The molecule has 0 atom stereocenters.